The summed E-state index contributed by atoms with van der Waals surface area (Å²) in [5.74, 6) is -0.231. The lowest BCUT2D eigenvalue weighted by atomic mass is 10.1. The summed E-state index contributed by atoms with van der Waals surface area (Å²) in [4.78, 5) is 3.98. The Kier molecular flexibility index (Phi) is 2.74. The Labute approximate surface area is 103 Å². The van der Waals surface area contributed by atoms with Gasteiger partial charge in [-0.05, 0) is 57.1 Å². The maximum absolute atomic E-state index is 13.7. The van der Waals surface area contributed by atoms with Crippen LogP contribution in [0.1, 0.15) is 5.56 Å². The van der Waals surface area contributed by atoms with Crippen molar-refractivity contribution in [1.82, 2.24) is 4.98 Å². The number of hydrogen-bond acceptors (Lipinski definition) is 1. The predicted molar refractivity (Wildman–Crippen MR) is 66.9 cm³/mol. The molecule has 0 aliphatic carbocycles. The summed E-state index contributed by atoms with van der Waals surface area (Å²) in [6.45, 7) is 1.88. The molecule has 0 saturated carbocycles. The summed E-state index contributed by atoms with van der Waals surface area (Å²) < 4.78 is 15.2. The van der Waals surface area contributed by atoms with Gasteiger partial charge in [0, 0.05) is 26.7 Å². The summed E-state index contributed by atoms with van der Waals surface area (Å²) in [5, 5.41) is 1.48. The quantitative estimate of drug-likeness (QED) is 0.642. The molecule has 0 fully saturated rings. The summed E-state index contributed by atoms with van der Waals surface area (Å²) in [6.07, 6.45) is 3.28. The van der Waals surface area contributed by atoms with Gasteiger partial charge in [-0.25, -0.2) is 4.39 Å². The van der Waals surface area contributed by atoms with Gasteiger partial charge < -0.3 is 0 Å². The van der Waals surface area contributed by atoms with Crippen molar-refractivity contribution >= 4 is 49.3 Å². The largest absolute Gasteiger partial charge is 0.263 e. The number of hydrogen-bond donors (Lipinski definition) is 0. The number of rotatable bonds is 0. The molecule has 1 heterocycles. The van der Waals surface area contributed by atoms with E-state index in [1.807, 2.05) is 13.0 Å². The normalized spacial score (nSPS) is 10.9. The van der Waals surface area contributed by atoms with Crippen molar-refractivity contribution in [3.8, 4) is 0 Å². The van der Waals surface area contributed by atoms with Gasteiger partial charge in [-0.2, -0.15) is 0 Å². The van der Waals surface area contributed by atoms with E-state index >= 15 is 0 Å². The molecule has 0 aliphatic heterocycles. The minimum absolute atomic E-state index is 0.231. The van der Waals surface area contributed by atoms with Gasteiger partial charge in [0.05, 0.1) is 4.47 Å². The first kappa shape index (κ1) is 10.3. The molecule has 0 radical (unpaired) electrons. The lowest BCUT2D eigenvalue weighted by molar-refractivity contribution is 0.631. The standard InChI is InChI=1S/C10H6BrFIN/c1-5-2-6-7(10(12)9(5)11)3-14-4-8(6)13/h2-4H,1H3. The van der Waals surface area contributed by atoms with E-state index in [9.17, 15) is 4.39 Å². The highest BCUT2D eigenvalue weighted by atomic mass is 127. The Morgan fingerprint density at radius 3 is 2.79 bits per heavy atom. The van der Waals surface area contributed by atoms with Crippen LogP contribution in [0.2, 0.25) is 0 Å². The smallest absolute Gasteiger partial charge is 0.147 e. The molecular formula is C10H6BrFIN. The highest BCUT2D eigenvalue weighted by molar-refractivity contribution is 14.1. The first-order valence-electron chi connectivity index (χ1n) is 3.99. The highest BCUT2D eigenvalue weighted by Crippen LogP contribution is 2.30. The molecule has 1 aromatic heterocycles. The number of benzene rings is 1. The number of halogens is 3. The van der Waals surface area contributed by atoms with Gasteiger partial charge in [0.25, 0.3) is 0 Å². The molecule has 0 saturated heterocycles. The topological polar surface area (TPSA) is 12.9 Å². The molecule has 4 heteroatoms. The first-order chi connectivity index (χ1) is 6.61. The van der Waals surface area contributed by atoms with Crippen LogP contribution in [0.4, 0.5) is 4.39 Å². The van der Waals surface area contributed by atoms with Crippen LogP contribution in [0.25, 0.3) is 10.8 Å². The minimum atomic E-state index is -0.231. The van der Waals surface area contributed by atoms with E-state index in [4.69, 9.17) is 0 Å². The molecule has 14 heavy (non-hydrogen) atoms. The summed E-state index contributed by atoms with van der Waals surface area (Å²) in [5.41, 5.74) is 0.902. The van der Waals surface area contributed by atoms with Crippen LogP contribution in [-0.2, 0) is 0 Å². The van der Waals surface area contributed by atoms with E-state index in [1.54, 1.807) is 12.4 Å². The van der Waals surface area contributed by atoms with E-state index in [0.29, 0.717) is 9.86 Å². The van der Waals surface area contributed by atoms with Gasteiger partial charge in [0.1, 0.15) is 5.82 Å². The Balaban J connectivity index is 2.98. The molecule has 2 aromatic rings. The Hall–Kier alpha value is -0.230. The van der Waals surface area contributed by atoms with Crippen LogP contribution in [-0.4, -0.2) is 4.98 Å². The fraction of sp³-hybridized carbons (Fsp3) is 0.100. The van der Waals surface area contributed by atoms with Crippen molar-refractivity contribution in [2.45, 2.75) is 6.92 Å². The molecule has 0 aliphatic rings. The van der Waals surface area contributed by atoms with Crippen molar-refractivity contribution in [3.05, 3.63) is 37.9 Å². The fourth-order valence-electron chi connectivity index (χ4n) is 1.34. The number of fused-ring (bicyclic) bond motifs is 1. The van der Waals surface area contributed by atoms with Crippen LogP contribution < -0.4 is 0 Å². The highest BCUT2D eigenvalue weighted by Gasteiger charge is 2.10. The third-order valence-corrected chi connectivity index (χ3v) is 3.91. The van der Waals surface area contributed by atoms with Gasteiger partial charge in [0.2, 0.25) is 0 Å². The molecule has 72 valence electrons. The van der Waals surface area contributed by atoms with Crippen molar-refractivity contribution in [1.29, 1.82) is 0 Å². The number of nitrogens with zero attached hydrogens (tertiary/aromatic N) is 1. The summed E-state index contributed by atoms with van der Waals surface area (Å²) >= 11 is 5.38. The molecule has 0 amide bonds. The SMILES string of the molecule is Cc1cc2c(I)cncc2c(F)c1Br. The molecule has 1 aromatic carbocycles. The molecule has 2 rings (SSSR count). The van der Waals surface area contributed by atoms with E-state index in [2.05, 4.69) is 43.5 Å². The van der Waals surface area contributed by atoms with E-state index in [1.165, 1.54) is 0 Å². The summed E-state index contributed by atoms with van der Waals surface area (Å²) in [6, 6.07) is 1.96. The van der Waals surface area contributed by atoms with Gasteiger partial charge in [-0.3, -0.25) is 4.98 Å². The zero-order valence-electron chi connectivity index (χ0n) is 7.31. The first-order valence-corrected chi connectivity index (χ1v) is 5.86. The van der Waals surface area contributed by atoms with Crippen LogP contribution in [0.15, 0.2) is 22.9 Å². The van der Waals surface area contributed by atoms with Crippen molar-refractivity contribution in [2.24, 2.45) is 0 Å². The van der Waals surface area contributed by atoms with E-state index < -0.39 is 0 Å². The van der Waals surface area contributed by atoms with Crippen molar-refractivity contribution < 1.29 is 4.39 Å². The molecule has 0 atom stereocenters. The number of pyridine rings is 1. The van der Waals surface area contributed by atoms with Crippen LogP contribution in [0, 0.1) is 16.3 Å². The molecule has 0 spiro atoms. The van der Waals surface area contributed by atoms with Gasteiger partial charge in [0.15, 0.2) is 0 Å². The molecule has 0 N–H and O–H groups in total. The van der Waals surface area contributed by atoms with Crippen LogP contribution in [0.5, 0.6) is 0 Å². The summed E-state index contributed by atoms with van der Waals surface area (Å²) in [7, 11) is 0. The second kappa shape index (κ2) is 3.73. The third kappa shape index (κ3) is 1.54. The minimum Gasteiger partial charge on any atom is -0.263 e. The fourth-order valence-corrected chi connectivity index (χ4v) is 2.27. The van der Waals surface area contributed by atoms with Crippen molar-refractivity contribution in [3.63, 3.8) is 0 Å². The Morgan fingerprint density at radius 1 is 1.36 bits per heavy atom. The van der Waals surface area contributed by atoms with E-state index in [0.717, 1.165) is 14.5 Å². The Bertz CT molecular complexity index is 513. The van der Waals surface area contributed by atoms with E-state index in [-0.39, 0.29) is 5.82 Å². The predicted octanol–water partition coefficient (Wildman–Crippen LogP) is 4.05. The van der Waals surface area contributed by atoms with Crippen LogP contribution in [0.3, 0.4) is 0 Å². The maximum Gasteiger partial charge on any atom is 0.147 e. The lowest BCUT2D eigenvalue weighted by Gasteiger charge is -2.05. The number of aromatic nitrogens is 1. The number of aryl methyl sites for hydroxylation is 1. The molecule has 0 unspecified atom stereocenters. The Morgan fingerprint density at radius 2 is 2.07 bits per heavy atom. The average molecular weight is 366 g/mol. The van der Waals surface area contributed by atoms with Gasteiger partial charge in [-0.15, -0.1) is 0 Å². The second-order valence-corrected chi connectivity index (χ2v) is 4.99. The molecule has 1 nitrogen and oxygen atoms in total. The van der Waals surface area contributed by atoms with Crippen molar-refractivity contribution in [2.75, 3.05) is 0 Å². The second-order valence-electron chi connectivity index (χ2n) is 3.04. The monoisotopic (exact) mass is 365 g/mol. The zero-order chi connectivity index (χ0) is 10.3. The maximum atomic E-state index is 13.7. The average Bonchev–Trinajstić information content (AvgIpc) is 2.17. The zero-order valence-corrected chi connectivity index (χ0v) is 11.1. The molecule has 0 bridgehead atoms. The van der Waals surface area contributed by atoms with Crippen LogP contribution >= 0.6 is 38.5 Å². The van der Waals surface area contributed by atoms with Gasteiger partial charge in [-0.1, -0.05) is 0 Å². The molecular weight excluding hydrogens is 360 g/mol. The lowest BCUT2D eigenvalue weighted by Crippen LogP contribution is -1.89. The third-order valence-electron chi connectivity index (χ3n) is 2.08. The van der Waals surface area contributed by atoms with Gasteiger partial charge >= 0.3 is 0 Å².